The summed E-state index contributed by atoms with van der Waals surface area (Å²) in [5, 5.41) is 0.633. The summed E-state index contributed by atoms with van der Waals surface area (Å²) in [6, 6.07) is 8.35. The second-order valence-corrected chi connectivity index (χ2v) is 5.70. The lowest BCUT2D eigenvalue weighted by atomic mass is 10.1. The largest absolute Gasteiger partial charge is 0.327 e. The van der Waals surface area contributed by atoms with Crippen molar-refractivity contribution in [3.63, 3.8) is 0 Å². The molecule has 1 heterocycles. The van der Waals surface area contributed by atoms with Crippen molar-refractivity contribution >= 4 is 23.4 Å². The van der Waals surface area contributed by atoms with E-state index in [0.717, 1.165) is 10.5 Å². The molecular formula is C14H14ClFN2S. The van der Waals surface area contributed by atoms with Gasteiger partial charge in [0.1, 0.15) is 5.82 Å². The summed E-state index contributed by atoms with van der Waals surface area (Å²) < 4.78 is 13.0. The molecule has 2 aromatic rings. The monoisotopic (exact) mass is 296 g/mol. The highest BCUT2D eigenvalue weighted by atomic mass is 35.5. The molecule has 100 valence electrons. The van der Waals surface area contributed by atoms with Gasteiger partial charge in [-0.15, -0.1) is 11.8 Å². The van der Waals surface area contributed by atoms with Crippen LogP contribution < -0.4 is 5.73 Å². The van der Waals surface area contributed by atoms with Crippen LogP contribution >= 0.6 is 23.4 Å². The first-order valence-electron chi connectivity index (χ1n) is 5.87. The van der Waals surface area contributed by atoms with E-state index < -0.39 is 0 Å². The van der Waals surface area contributed by atoms with Gasteiger partial charge in [-0.3, -0.25) is 4.98 Å². The number of hydrogen-bond acceptors (Lipinski definition) is 3. The summed E-state index contributed by atoms with van der Waals surface area (Å²) >= 11 is 7.58. The third-order valence-electron chi connectivity index (χ3n) is 2.60. The lowest BCUT2D eigenvalue weighted by molar-refractivity contribution is 0.624. The van der Waals surface area contributed by atoms with Crippen LogP contribution in [-0.2, 0) is 6.42 Å². The molecule has 0 aliphatic rings. The number of halogens is 2. The summed E-state index contributed by atoms with van der Waals surface area (Å²) in [5.74, 6) is 0.484. The number of rotatable bonds is 5. The maximum Gasteiger partial charge on any atom is 0.124 e. The number of nitrogens with zero attached hydrogens (tertiary/aromatic N) is 1. The van der Waals surface area contributed by atoms with E-state index in [1.165, 1.54) is 12.1 Å². The Morgan fingerprint density at radius 2 is 2.21 bits per heavy atom. The molecule has 0 amide bonds. The van der Waals surface area contributed by atoms with Crippen molar-refractivity contribution in [3.8, 4) is 0 Å². The van der Waals surface area contributed by atoms with Gasteiger partial charge in [-0.25, -0.2) is 4.39 Å². The maximum absolute atomic E-state index is 13.0. The number of nitrogens with two attached hydrogens (primary N) is 1. The van der Waals surface area contributed by atoms with Gasteiger partial charge >= 0.3 is 0 Å². The molecule has 1 aromatic carbocycles. The zero-order valence-electron chi connectivity index (χ0n) is 10.2. The van der Waals surface area contributed by atoms with Gasteiger partial charge in [0.2, 0.25) is 0 Å². The summed E-state index contributed by atoms with van der Waals surface area (Å²) in [6.45, 7) is 0. The third-order valence-corrected chi connectivity index (χ3v) is 4.12. The Kier molecular flexibility index (Phi) is 5.19. The highest BCUT2D eigenvalue weighted by Gasteiger charge is 2.08. The molecule has 0 aliphatic carbocycles. The zero-order chi connectivity index (χ0) is 13.7. The van der Waals surface area contributed by atoms with Gasteiger partial charge in [-0.1, -0.05) is 17.7 Å². The maximum atomic E-state index is 13.0. The highest BCUT2D eigenvalue weighted by Crippen LogP contribution is 2.21. The molecule has 2 nitrogen and oxygen atoms in total. The minimum absolute atomic E-state index is 0.0341. The predicted octanol–water partition coefficient (Wildman–Crippen LogP) is 3.54. The van der Waals surface area contributed by atoms with E-state index >= 15 is 0 Å². The minimum Gasteiger partial charge on any atom is -0.327 e. The predicted molar refractivity (Wildman–Crippen MR) is 78.1 cm³/mol. The molecule has 0 spiro atoms. The minimum atomic E-state index is -0.226. The van der Waals surface area contributed by atoms with Gasteiger partial charge in [0.05, 0.1) is 5.02 Å². The van der Waals surface area contributed by atoms with Crippen molar-refractivity contribution in [1.82, 2.24) is 4.98 Å². The van der Waals surface area contributed by atoms with Crippen LogP contribution in [0, 0.1) is 5.82 Å². The molecule has 0 saturated heterocycles. The van der Waals surface area contributed by atoms with Gasteiger partial charge < -0.3 is 5.73 Å². The number of benzene rings is 1. The number of pyridine rings is 1. The van der Waals surface area contributed by atoms with Crippen LogP contribution in [0.15, 0.2) is 47.6 Å². The van der Waals surface area contributed by atoms with E-state index in [-0.39, 0.29) is 11.9 Å². The molecule has 0 saturated carbocycles. The van der Waals surface area contributed by atoms with E-state index in [1.54, 1.807) is 30.2 Å². The van der Waals surface area contributed by atoms with Crippen molar-refractivity contribution in [2.45, 2.75) is 17.4 Å². The van der Waals surface area contributed by atoms with Crippen molar-refractivity contribution in [2.24, 2.45) is 5.73 Å². The first-order chi connectivity index (χ1) is 9.15. The van der Waals surface area contributed by atoms with E-state index in [4.69, 9.17) is 17.3 Å². The Labute approximate surface area is 121 Å². The van der Waals surface area contributed by atoms with E-state index in [2.05, 4.69) is 4.98 Å². The van der Waals surface area contributed by atoms with Crippen molar-refractivity contribution in [2.75, 3.05) is 5.75 Å². The fourth-order valence-corrected chi connectivity index (χ4v) is 2.76. The first-order valence-corrected chi connectivity index (χ1v) is 7.24. The zero-order valence-corrected chi connectivity index (χ0v) is 11.8. The third kappa shape index (κ3) is 4.49. The van der Waals surface area contributed by atoms with Crippen LogP contribution in [0.3, 0.4) is 0 Å². The average molecular weight is 297 g/mol. The summed E-state index contributed by atoms with van der Waals surface area (Å²) in [5.41, 5.74) is 7.06. The van der Waals surface area contributed by atoms with Crippen molar-refractivity contribution in [3.05, 3.63) is 59.1 Å². The summed E-state index contributed by atoms with van der Waals surface area (Å²) in [7, 11) is 0. The standard InChI is InChI=1S/C14H14ClFN2S/c15-14-8-18-5-4-10(14)6-12(17)9-19-13-3-1-2-11(16)7-13/h1-5,7-8,12H,6,9,17H2. The molecule has 1 atom stereocenters. The second kappa shape index (κ2) is 6.89. The Bertz CT molecular complexity index is 550. The van der Waals surface area contributed by atoms with E-state index in [0.29, 0.717) is 17.2 Å². The van der Waals surface area contributed by atoms with Crippen LogP contribution in [-0.4, -0.2) is 16.8 Å². The summed E-state index contributed by atoms with van der Waals surface area (Å²) in [6.07, 6.45) is 4.00. The number of thioether (sulfide) groups is 1. The van der Waals surface area contributed by atoms with Gasteiger partial charge in [0.15, 0.2) is 0 Å². The molecular weight excluding hydrogens is 283 g/mol. The molecule has 0 radical (unpaired) electrons. The quantitative estimate of drug-likeness (QED) is 0.858. The molecule has 1 aromatic heterocycles. The van der Waals surface area contributed by atoms with E-state index in [1.807, 2.05) is 12.1 Å². The van der Waals surface area contributed by atoms with Gasteiger partial charge in [-0.2, -0.15) is 0 Å². The average Bonchev–Trinajstić information content (AvgIpc) is 2.39. The Morgan fingerprint density at radius 1 is 1.37 bits per heavy atom. The lowest BCUT2D eigenvalue weighted by Gasteiger charge is -2.12. The Morgan fingerprint density at radius 3 is 2.95 bits per heavy atom. The smallest absolute Gasteiger partial charge is 0.124 e. The van der Waals surface area contributed by atoms with Crippen LogP contribution in [0.2, 0.25) is 5.02 Å². The van der Waals surface area contributed by atoms with Crippen molar-refractivity contribution < 1.29 is 4.39 Å². The molecule has 19 heavy (non-hydrogen) atoms. The topological polar surface area (TPSA) is 38.9 Å². The summed E-state index contributed by atoms with van der Waals surface area (Å²) in [4.78, 5) is 4.82. The Hall–Kier alpha value is -1.10. The van der Waals surface area contributed by atoms with Gasteiger partial charge in [0.25, 0.3) is 0 Å². The van der Waals surface area contributed by atoms with Crippen LogP contribution in [0.1, 0.15) is 5.56 Å². The highest BCUT2D eigenvalue weighted by molar-refractivity contribution is 7.99. The van der Waals surface area contributed by atoms with Crippen LogP contribution in [0.4, 0.5) is 4.39 Å². The Balaban J connectivity index is 1.88. The fourth-order valence-electron chi connectivity index (χ4n) is 1.67. The number of aromatic nitrogens is 1. The molecule has 5 heteroatoms. The van der Waals surface area contributed by atoms with Crippen LogP contribution in [0.5, 0.6) is 0 Å². The normalized spacial score (nSPS) is 12.4. The first kappa shape index (κ1) is 14.3. The SMILES string of the molecule is NC(CSc1cccc(F)c1)Cc1ccncc1Cl. The molecule has 2 N–H and O–H groups in total. The molecule has 0 aliphatic heterocycles. The number of hydrogen-bond donors (Lipinski definition) is 1. The molecule has 2 rings (SSSR count). The molecule has 1 unspecified atom stereocenters. The van der Waals surface area contributed by atoms with E-state index in [9.17, 15) is 4.39 Å². The molecule has 0 bridgehead atoms. The fraction of sp³-hybridized carbons (Fsp3) is 0.214. The van der Waals surface area contributed by atoms with Crippen LogP contribution in [0.25, 0.3) is 0 Å². The molecule has 0 fully saturated rings. The van der Waals surface area contributed by atoms with Gasteiger partial charge in [-0.05, 0) is 36.2 Å². The lowest BCUT2D eigenvalue weighted by Crippen LogP contribution is -2.25. The van der Waals surface area contributed by atoms with Gasteiger partial charge in [0, 0.05) is 29.1 Å². The second-order valence-electron chi connectivity index (χ2n) is 4.20. The van der Waals surface area contributed by atoms with Crippen molar-refractivity contribution in [1.29, 1.82) is 0 Å².